The average Bonchev–Trinajstić information content (AvgIpc) is 3.64. The summed E-state index contributed by atoms with van der Waals surface area (Å²) < 4.78 is 11.7. The number of hydrogen-bond acceptors (Lipinski definition) is 5. The van der Waals surface area contributed by atoms with Crippen molar-refractivity contribution >= 4 is 11.0 Å². The van der Waals surface area contributed by atoms with Crippen molar-refractivity contribution < 1.29 is 4.74 Å². The van der Waals surface area contributed by atoms with Crippen LogP contribution in [0.2, 0.25) is 0 Å². The molecule has 0 amide bonds. The fraction of sp³-hybridized carbons (Fsp3) is 0.143. The lowest BCUT2D eigenvalue weighted by molar-refractivity contribution is 0.413. The Kier molecular flexibility index (Phi) is 5.53. The topological polar surface area (TPSA) is 75.6 Å². The second kappa shape index (κ2) is 9.14. The van der Waals surface area contributed by atoms with Gasteiger partial charge >= 0.3 is 0 Å². The quantitative estimate of drug-likeness (QED) is 0.329. The van der Waals surface area contributed by atoms with Gasteiger partial charge in [0.1, 0.15) is 23.8 Å². The number of nitrogens with zero attached hydrogens (tertiary/aromatic N) is 7. The minimum absolute atomic E-state index is 0.512. The van der Waals surface area contributed by atoms with E-state index in [1.807, 2.05) is 71.0 Å². The Morgan fingerprint density at radius 1 is 0.889 bits per heavy atom. The zero-order valence-electron chi connectivity index (χ0n) is 20.1. The van der Waals surface area contributed by atoms with Crippen LogP contribution in [0.5, 0.6) is 5.75 Å². The summed E-state index contributed by atoms with van der Waals surface area (Å²) in [6.07, 6.45) is 5.70. The van der Waals surface area contributed by atoms with Crippen molar-refractivity contribution in [2.75, 3.05) is 7.11 Å². The summed E-state index contributed by atoms with van der Waals surface area (Å²) in [5, 5.41) is 8.84. The third-order valence-electron chi connectivity index (χ3n) is 6.22. The Labute approximate surface area is 208 Å². The van der Waals surface area contributed by atoms with Gasteiger partial charge in [-0.05, 0) is 36.8 Å². The number of hydrogen-bond donors (Lipinski definition) is 0. The maximum atomic E-state index is 5.66. The summed E-state index contributed by atoms with van der Waals surface area (Å²) >= 11 is 0. The number of fused-ring (bicyclic) bond motifs is 1. The molecule has 0 radical (unpaired) electrons. The largest absolute Gasteiger partial charge is 0.495 e. The molecule has 3 aromatic heterocycles. The van der Waals surface area contributed by atoms with Crippen molar-refractivity contribution in [3.63, 3.8) is 0 Å². The molecule has 8 heteroatoms. The molecule has 6 rings (SSSR count). The van der Waals surface area contributed by atoms with Crippen LogP contribution in [0.1, 0.15) is 17.1 Å². The summed E-state index contributed by atoms with van der Waals surface area (Å²) in [5.74, 6) is 1.67. The third-order valence-corrected chi connectivity index (χ3v) is 6.22. The molecular weight excluding hydrogens is 450 g/mol. The molecule has 0 saturated heterocycles. The maximum Gasteiger partial charge on any atom is 0.143 e. The van der Waals surface area contributed by atoms with E-state index in [1.165, 1.54) is 5.56 Å². The molecule has 3 aromatic carbocycles. The standard InChI is InChI=1S/C28H25N7O/c1-20-15-33(19-29-20)26-13-12-22(14-27(26)36-2)24-17-34(32-31-24)18-28-30-23-10-6-7-11-25(23)35(28)16-21-8-4-3-5-9-21/h3-15,17,19H,16,18H2,1-2H3. The molecule has 178 valence electrons. The highest BCUT2D eigenvalue weighted by atomic mass is 16.5. The minimum Gasteiger partial charge on any atom is -0.495 e. The van der Waals surface area contributed by atoms with Crippen molar-refractivity contribution in [1.29, 1.82) is 0 Å². The first-order valence-corrected chi connectivity index (χ1v) is 11.8. The number of methoxy groups -OCH3 is 1. The molecule has 8 nitrogen and oxygen atoms in total. The molecule has 0 fully saturated rings. The van der Waals surface area contributed by atoms with Crippen molar-refractivity contribution in [1.82, 2.24) is 34.1 Å². The van der Waals surface area contributed by atoms with E-state index in [0.29, 0.717) is 6.54 Å². The molecule has 0 N–H and O–H groups in total. The molecule has 0 aliphatic rings. The maximum absolute atomic E-state index is 5.66. The monoisotopic (exact) mass is 475 g/mol. The predicted molar refractivity (Wildman–Crippen MR) is 138 cm³/mol. The Bertz CT molecular complexity index is 1650. The van der Waals surface area contributed by atoms with E-state index in [1.54, 1.807) is 13.4 Å². The van der Waals surface area contributed by atoms with Gasteiger partial charge in [0.2, 0.25) is 0 Å². The first kappa shape index (κ1) is 21.8. The molecule has 0 atom stereocenters. The average molecular weight is 476 g/mol. The Morgan fingerprint density at radius 2 is 1.72 bits per heavy atom. The van der Waals surface area contributed by atoms with Crippen molar-refractivity contribution in [2.24, 2.45) is 0 Å². The molecular formula is C28H25N7O. The molecule has 0 aliphatic heterocycles. The fourth-order valence-electron chi connectivity index (χ4n) is 4.44. The van der Waals surface area contributed by atoms with Gasteiger partial charge in [0.25, 0.3) is 0 Å². The number of para-hydroxylation sites is 2. The van der Waals surface area contributed by atoms with Gasteiger partial charge in [-0.2, -0.15) is 0 Å². The second-order valence-corrected chi connectivity index (χ2v) is 8.70. The summed E-state index contributed by atoms with van der Waals surface area (Å²) in [4.78, 5) is 9.22. The number of benzene rings is 3. The number of rotatable bonds is 7. The summed E-state index contributed by atoms with van der Waals surface area (Å²) in [6.45, 7) is 3.21. The molecule has 0 saturated carbocycles. The van der Waals surface area contributed by atoms with E-state index in [0.717, 1.165) is 51.8 Å². The van der Waals surface area contributed by atoms with Crippen LogP contribution in [0.25, 0.3) is 28.0 Å². The van der Waals surface area contributed by atoms with E-state index in [4.69, 9.17) is 9.72 Å². The van der Waals surface area contributed by atoms with Gasteiger partial charge in [-0.15, -0.1) is 5.10 Å². The zero-order valence-corrected chi connectivity index (χ0v) is 20.1. The molecule has 6 aromatic rings. The highest BCUT2D eigenvalue weighted by Gasteiger charge is 2.14. The molecule has 0 spiro atoms. The van der Waals surface area contributed by atoms with Crippen LogP contribution in [0.4, 0.5) is 0 Å². The van der Waals surface area contributed by atoms with E-state index in [2.05, 4.69) is 50.2 Å². The number of imidazole rings is 2. The first-order chi connectivity index (χ1) is 17.7. The molecule has 36 heavy (non-hydrogen) atoms. The van der Waals surface area contributed by atoms with E-state index in [9.17, 15) is 0 Å². The van der Waals surface area contributed by atoms with Crippen LogP contribution in [-0.4, -0.2) is 41.2 Å². The first-order valence-electron chi connectivity index (χ1n) is 11.8. The minimum atomic E-state index is 0.512. The summed E-state index contributed by atoms with van der Waals surface area (Å²) in [5.41, 5.74) is 6.86. The second-order valence-electron chi connectivity index (χ2n) is 8.70. The van der Waals surface area contributed by atoms with Crippen LogP contribution < -0.4 is 4.74 Å². The summed E-state index contributed by atoms with van der Waals surface area (Å²) in [7, 11) is 1.67. The van der Waals surface area contributed by atoms with Crippen LogP contribution in [-0.2, 0) is 13.1 Å². The van der Waals surface area contributed by atoms with Gasteiger partial charge in [0.15, 0.2) is 0 Å². The molecule has 0 bridgehead atoms. The highest BCUT2D eigenvalue weighted by molar-refractivity contribution is 5.76. The lowest BCUT2D eigenvalue weighted by Gasteiger charge is -2.10. The molecule has 3 heterocycles. The Hall–Kier alpha value is -4.72. The van der Waals surface area contributed by atoms with Gasteiger partial charge in [-0.3, -0.25) is 0 Å². The number of aryl methyl sites for hydroxylation is 1. The Balaban J connectivity index is 1.31. The third kappa shape index (κ3) is 4.13. The van der Waals surface area contributed by atoms with Crippen LogP contribution >= 0.6 is 0 Å². The number of aromatic nitrogens is 7. The summed E-state index contributed by atoms with van der Waals surface area (Å²) in [6, 6.07) is 24.6. The SMILES string of the molecule is COc1cc(-c2cn(Cc3nc4ccccc4n3Cc3ccccc3)nn2)ccc1-n1cnc(C)c1. The Morgan fingerprint density at radius 3 is 2.53 bits per heavy atom. The van der Waals surface area contributed by atoms with Gasteiger partial charge in [-0.25, -0.2) is 14.6 Å². The van der Waals surface area contributed by atoms with Crippen molar-refractivity contribution in [3.05, 3.63) is 109 Å². The normalized spacial score (nSPS) is 11.3. The zero-order chi connectivity index (χ0) is 24.5. The van der Waals surface area contributed by atoms with E-state index in [-0.39, 0.29) is 0 Å². The predicted octanol–water partition coefficient (Wildman–Crippen LogP) is 4.89. The molecule has 0 unspecified atom stereocenters. The van der Waals surface area contributed by atoms with Crippen LogP contribution in [0, 0.1) is 6.92 Å². The van der Waals surface area contributed by atoms with E-state index >= 15 is 0 Å². The van der Waals surface area contributed by atoms with Gasteiger partial charge in [-0.1, -0.05) is 53.7 Å². The van der Waals surface area contributed by atoms with E-state index < -0.39 is 0 Å². The van der Waals surface area contributed by atoms with Gasteiger partial charge in [0, 0.05) is 18.3 Å². The fourth-order valence-corrected chi connectivity index (χ4v) is 4.44. The lowest BCUT2D eigenvalue weighted by atomic mass is 10.1. The van der Waals surface area contributed by atoms with Gasteiger partial charge < -0.3 is 13.9 Å². The lowest BCUT2D eigenvalue weighted by Crippen LogP contribution is -2.10. The number of ether oxygens (including phenoxy) is 1. The van der Waals surface area contributed by atoms with Crippen molar-refractivity contribution in [2.45, 2.75) is 20.0 Å². The van der Waals surface area contributed by atoms with Gasteiger partial charge in [0.05, 0.1) is 42.0 Å². The smallest absolute Gasteiger partial charge is 0.143 e. The molecule has 0 aliphatic carbocycles. The van der Waals surface area contributed by atoms with Crippen LogP contribution in [0.15, 0.2) is 91.5 Å². The van der Waals surface area contributed by atoms with Crippen LogP contribution in [0.3, 0.4) is 0 Å². The highest BCUT2D eigenvalue weighted by Crippen LogP contribution is 2.29. The van der Waals surface area contributed by atoms with Crippen molar-refractivity contribution in [3.8, 4) is 22.7 Å².